The van der Waals surface area contributed by atoms with Gasteiger partial charge in [0.05, 0.1) is 26.9 Å². The van der Waals surface area contributed by atoms with E-state index in [2.05, 4.69) is 5.92 Å². The minimum atomic E-state index is -0.717. The van der Waals surface area contributed by atoms with Gasteiger partial charge in [-0.25, -0.2) is 4.39 Å². The van der Waals surface area contributed by atoms with Crippen LogP contribution in [-0.4, -0.2) is 50.1 Å². The number of hydrogen-bond donors (Lipinski definition) is 1. The molecule has 1 N–H and O–H groups in total. The normalized spacial score (nSPS) is 11.9. The second-order valence-electron chi connectivity index (χ2n) is 6.32. The van der Waals surface area contributed by atoms with E-state index in [1.165, 1.54) is 12.1 Å². The summed E-state index contributed by atoms with van der Waals surface area (Å²) in [7, 11) is 3.18. The van der Waals surface area contributed by atoms with Crippen molar-refractivity contribution < 1.29 is 23.7 Å². The first-order valence-corrected chi connectivity index (χ1v) is 8.93. The number of methoxy groups -OCH3 is 2. The van der Waals surface area contributed by atoms with Crippen molar-refractivity contribution in [3.8, 4) is 23.8 Å². The lowest BCUT2D eigenvalue weighted by molar-refractivity contribution is 0.0242. The fourth-order valence-corrected chi connectivity index (χ4v) is 2.96. The van der Waals surface area contributed by atoms with Crippen LogP contribution in [0.1, 0.15) is 11.1 Å². The topological polar surface area (TPSA) is 51.2 Å². The van der Waals surface area contributed by atoms with Crippen molar-refractivity contribution in [2.45, 2.75) is 19.2 Å². The molecule has 0 saturated heterocycles. The first-order valence-electron chi connectivity index (χ1n) is 8.93. The molecule has 28 heavy (non-hydrogen) atoms. The molecule has 0 unspecified atom stereocenters. The molecule has 2 aromatic rings. The summed E-state index contributed by atoms with van der Waals surface area (Å²) in [5, 5.41) is 10.3. The van der Waals surface area contributed by atoms with Crippen LogP contribution in [0, 0.1) is 18.2 Å². The summed E-state index contributed by atoms with van der Waals surface area (Å²) in [5.41, 5.74) is 1.85. The number of aliphatic hydroxyl groups excluding tert-OH is 1. The fourth-order valence-electron chi connectivity index (χ4n) is 2.96. The van der Waals surface area contributed by atoms with Crippen LogP contribution in [0.5, 0.6) is 11.5 Å². The number of rotatable bonds is 11. The van der Waals surface area contributed by atoms with Gasteiger partial charge in [0.1, 0.15) is 12.4 Å². The Hall–Kier alpha value is -2.59. The summed E-state index contributed by atoms with van der Waals surface area (Å²) < 4.78 is 29.3. The molecule has 0 spiro atoms. The molecule has 0 heterocycles. The molecule has 0 aliphatic carbocycles. The number of benzene rings is 2. The molecule has 5 nitrogen and oxygen atoms in total. The molecule has 0 aliphatic rings. The molecular weight excluding hydrogens is 361 g/mol. The van der Waals surface area contributed by atoms with Crippen molar-refractivity contribution in [1.82, 2.24) is 4.90 Å². The van der Waals surface area contributed by atoms with Crippen LogP contribution in [0.25, 0.3) is 0 Å². The van der Waals surface area contributed by atoms with Gasteiger partial charge in [0.25, 0.3) is 0 Å². The molecule has 2 aromatic carbocycles. The quantitative estimate of drug-likeness (QED) is 0.475. The molecule has 150 valence electrons. The van der Waals surface area contributed by atoms with Crippen LogP contribution in [-0.2, 0) is 17.8 Å². The summed E-state index contributed by atoms with van der Waals surface area (Å²) in [5.74, 6) is 3.38. The lowest BCUT2D eigenvalue weighted by atomic mass is 10.1. The minimum Gasteiger partial charge on any atom is -0.493 e. The van der Waals surface area contributed by atoms with Crippen LogP contribution >= 0.6 is 0 Å². The zero-order valence-electron chi connectivity index (χ0n) is 16.2. The van der Waals surface area contributed by atoms with Gasteiger partial charge in [0.2, 0.25) is 0 Å². The van der Waals surface area contributed by atoms with E-state index >= 15 is 0 Å². The monoisotopic (exact) mass is 387 g/mol. The summed E-state index contributed by atoms with van der Waals surface area (Å²) in [6.07, 6.45) is 4.45. The van der Waals surface area contributed by atoms with Crippen molar-refractivity contribution in [1.29, 1.82) is 0 Å². The Morgan fingerprint density at radius 3 is 2.50 bits per heavy atom. The first kappa shape index (κ1) is 21.7. The summed E-state index contributed by atoms with van der Waals surface area (Å²) >= 11 is 0. The Kier molecular flexibility index (Phi) is 8.76. The smallest absolute Gasteiger partial charge is 0.165 e. The molecular formula is C22H26FNO4. The molecule has 0 radical (unpaired) electrons. The van der Waals surface area contributed by atoms with Gasteiger partial charge in [0.15, 0.2) is 11.5 Å². The van der Waals surface area contributed by atoms with Crippen molar-refractivity contribution in [2.75, 3.05) is 34.0 Å². The van der Waals surface area contributed by atoms with Crippen molar-refractivity contribution in [3.05, 3.63) is 59.4 Å². The second-order valence-corrected chi connectivity index (χ2v) is 6.32. The van der Waals surface area contributed by atoms with E-state index in [4.69, 9.17) is 20.6 Å². The highest BCUT2D eigenvalue weighted by atomic mass is 19.1. The molecule has 0 bridgehead atoms. The third-order valence-electron chi connectivity index (χ3n) is 4.16. The minimum absolute atomic E-state index is 0.138. The van der Waals surface area contributed by atoms with Crippen molar-refractivity contribution >= 4 is 0 Å². The molecule has 6 heteroatoms. The van der Waals surface area contributed by atoms with Crippen LogP contribution < -0.4 is 9.47 Å². The SMILES string of the molecule is C#CCOC[C@@H](O)CN(Cc1ccc(F)cc1)Cc1cccc(OC)c1OC. The average Bonchev–Trinajstić information content (AvgIpc) is 2.69. The Morgan fingerprint density at radius 1 is 1.11 bits per heavy atom. The van der Waals surface area contributed by atoms with E-state index < -0.39 is 6.10 Å². The third-order valence-corrected chi connectivity index (χ3v) is 4.16. The van der Waals surface area contributed by atoms with E-state index in [-0.39, 0.29) is 19.0 Å². The van der Waals surface area contributed by atoms with Crippen LogP contribution in [0.15, 0.2) is 42.5 Å². The van der Waals surface area contributed by atoms with Gasteiger partial charge < -0.3 is 19.3 Å². The summed E-state index contributed by atoms with van der Waals surface area (Å²) in [6.45, 7) is 1.66. The lowest BCUT2D eigenvalue weighted by Crippen LogP contribution is -2.34. The van der Waals surface area contributed by atoms with Gasteiger partial charge >= 0.3 is 0 Å². The van der Waals surface area contributed by atoms with Crippen LogP contribution in [0.3, 0.4) is 0 Å². The molecule has 0 fully saturated rings. The maximum Gasteiger partial charge on any atom is 0.165 e. The lowest BCUT2D eigenvalue weighted by Gasteiger charge is -2.26. The zero-order chi connectivity index (χ0) is 20.4. The van der Waals surface area contributed by atoms with E-state index in [1.807, 2.05) is 23.1 Å². The van der Waals surface area contributed by atoms with Gasteiger partial charge in [-0.3, -0.25) is 4.90 Å². The zero-order valence-corrected chi connectivity index (χ0v) is 16.2. The van der Waals surface area contributed by atoms with Gasteiger partial charge in [-0.1, -0.05) is 30.2 Å². The fraction of sp³-hybridized carbons (Fsp3) is 0.364. The Labute approximate surface area is 165 Å². The largest absolute Gasteiger partial charge is 0.493 e. The Bertz CT molecular complexity index is 773. The molecule has 2 rings (SSSR count). The van der Waals surface area contributed by atoms with E-state index in [0.29, 0.717) is 31.1 Å². The maximum atomic E-state index is 13.2. The highest BCUT2D eigenvalue weighted by molar-refractivity contribution is 5.46. The highest BCUT2D eigenvalue weighted by Gasteiger charge is 2.17. The predicted molar refractivity (Wildman–Crippen MR) is 106 cm³/mol. The molecule has 1 atom stereocenters. The first-order chi connectivity index (χ1) is 13.6. The number of para-hydroxylation sites is 1. The van der Waals surface area contributed by atoms with E-state index in [9.17, 15) is 9.50 Å². The van der Waals surface area contributed by atoms with Crippen LogP contribution in [0.2, 0.25) is 0 Å². The Morgan fingerprint density at radius 2 is 1.86 bits per heavy atom. The van der Waals surface area contributed by atoms with Gasteiger partial charge in [-0.05, 0) is 23.8 Å². The highest BCUT2D eigenvalue weighted by Crippen LogP contribution is 2.31. The van der Waals surface area contributed by atoms with Crippen molar-refractivity contribution in [2.24, 2.45) is 0 Å². The van der Waals surface area contributed by atoms with Crippen LogP contribution in [0.4, 0.5) is 4.39 Å². The average molecular weight is 387 g/mol. The molecule has 0 amide bonds. The third kappa shape index (κ3) is 6.54. The number of aliphatic hydroxyl groups is 1. The Balaban J connectivity index is 2.17. The maximum absolute atomic E-state index is 13.2. The van der Waals surface area contributed by atoms with Gasteiger partial charge in [-0.2, -0.15) is 0 Å². The molecule has 0 aromatic heterocycles. The predicted octanol–water partition coefficient (Wildman–Crippen LogP) is 2.86. The summed E-state index contributed by atoms with van der Waals surface area (Å²) in [4.78, 5) is 2.04. The number of nitrogens with zero attached hydrogens (tertiary/aromatic N) is 1. The number of halogens is 1. The molecule has 0 saturated carbocycles. The number of ether oxygens (including phenoxy) is 3. The summed E-state index contributed by atoms with van der Waals surface area (Å²) in [6, 6.07) is 12.0. The molecule has 0 aliphatic heterocycles. The standard InChI is InChI=1S/C22H26FNO4/c1-4-12-28-16-20(25)15-24(13-17-8-10-19(23)11-9-17)14-18-6-5-7-21(26-2)22(18)27-3/h1,5-11,20,25H,12-16H2,2-3H3/t20-/m0/s1. The number of terminal acetylenes is 1. The van der Waals surface area contributed by atoms with E-state index in [1.54, 1.807) is 26.4 Å². The van der Waals surface area contributed by atoms with Crippen molar-refractivity contribution in [3.63, 3.8) is 0 Å². The number of hydrogen-bond acceptors (Lipinski definition) is 5. The second kappa shape index (κ2) is 11.3. The van der Waals surface area contributed by atoms with Gasteiger partial charge in [0, 0.05) is 25.2 Å². The van der Waals surface area contributed by atoms with E-state index in [0.717, 1.165) is 11.1 Å². The van der Waals surface area contributed by atoms with Gasteiger partial charge in [-0.15, -0.1) is 6.42 Å².